The standard InChI is InChI=1S/C11H13ClF3N3O/c12-8-5-7(11(13,14)15)6-18-10(8)17-4-2-1-3-9(16)19/h5-6H,1-4H2,(H2,16,19)(H,17,18). The summed E-state index contributed by atoms with van der Waals surface area (Å²) < 4.78 is 37.1. The molecule has 0 aromatic carbocycles. The maximum atomic E-state index is 12.4. The Balaban J connectivity index is 2.49. The van der Waals surface area contributed by atoms with Gasteiger partial charge in [0.15, 0.2) is 0 Å². The van der Waals surface area contributed by atoms with Gasteiger partial charge in [-0.3, -0.25) is 4.79 Å². The molecule has 1 rings (SSSR count). The molecule has 1 aromatic rings. The highest BCUT2D eigenvalue weighted by molar-refractivity contribution is 6.32. The van der Waals surface area contributed by atoms with Gasteiger partial charge < -0.3 is 11.1 Å². The Bertz CT molecular complexity index is 451. The van der Waals surface area contributed by atoms with Crippen molar-refractivity contribution in [3.05, 3.63) is 22.8 Å². The van der Waals surface area contributed by atoms with Crippen LogP contribution in [0.25, 0.3) is 0 Å². The van der Waals surface area contributed by atoms with Gasteiger partial charge in [-0.15, -0.1) is 0 Å². The number of hydrogen-bond donors (Lipinski definition) is 2. The van der Waals surface area contributed by atoms with Gasteiger partial charge in [0.05, 0.1) is 10.6 Å². The van der Waals surface area contributed by atoms with Crippen LogP contribution in [0.15, 0.2) is 12.3 Å². The van der Waals surface area contributed by atoms with Gasteiger partial charge in [0.25, 0.3) is 0 Å². The van der Waals surface area contributed by atoms with Crippen molar-refractivity contribution < 1.29 is 18.0 Å². The lowest BCUT2D eigenvalue weighted by Crippen LogP contribution is -2.11. The first-order valence-electron chi connectivity index (χ1n) is 5.55. The number of aromatic nitrogens is 1. The number of halogens is 4. The molecule has 1 amide bonds. The summed E-state index contributed by atoms with van der Waals surface area (Å²) in [6, 6.07) is 0.820. The Morgan fingerprint density at radius 2 is 2.11 bits per heavy atom. The summed E-state index contributed by atoms with van der Waals surface area (Å²) in [5.74, 6) is -0.195. The fourth-order valence-electron chi connectivity index (χ4n) is 1.35. The summed E-state index contributed by atoms with van der Waals surface area (Å²) >= 11 is 5.70. The molecule has 0 atom stereocenters. The highest BCUT2D eigenvalue weighted by atomic mass is 35.5. The molecule has 0 spiro atoms. The second-order valence-electron chi connectivity index (χ2n) is 3.90. The summed E-state index contributed by atoms with van der Waals surface area (Å²) in [5, 5.41) is 2.71. The minimum absolute atomic E-state index is 0.0928. The van der Waals surface area contributed by atoms with Crippen LogP contribution in [-0.2, 0) is 11.0 Å². The molecule has 3 N–H and O–H groups in total. The minimum atomic E-state index is -4.46. The van der Waals surface area contributed by atoms with E-state index in [1.54, 1.807) is 0 Å². The lowest BCUT2D eigenvalue weighted by molar-refractivity contribution is -0.137. The van der Waals surface area contributed by atoms with Crippen LogP contribution in [0.1, 0.15) is 24.8 Å². The normalized spacial score (nSPS) is 11.4. The molecule has 4 nitrogen and oxygen atoms in total. The van der Waals surface area contributed by atoms with Crippen LogP contribution in [0.5, 0.6) is 0 Å². The zero-order chi connectivity index (χ0) is 14.5. The quantitative estimate of drug-likeness (QED) is 0.793. The molecular formula is C11H13ClF3N3O. The second-order valence-corrected chi connectivity index (χ2v) is 4.31. The number of primary amides is 1. The molecule has 0 aliphatic heterocycles. The van der Waals surface area contributed by atoms with E-state index < -0.39 is 11.7 Å². The van der Waals surface area contributed by atoms with E-state index in [0.29, 0.717) is 19.4 Å². The Hall–Kier alpha value is -1.50. The van der Waals surface area contributed by atoms with Gasteiger partial charge in [-0.2, -0.15) is 13.2 Å². The summed E-state index contributed by atoms with van der Waals surface area (Å²) in [7, 11) is 0. The van der Waals surface area contributed by atoms with E-state index in [-0.39, 0.29) is 23.2 Å². The van der Waals surface area contributed by atoms with E-state index in [1.165, 1.54) is 0 Å². The van der Waals surface area contributed by atoms with Crippen molar-refractivity contribution in [1.82, 2.24) is 4.98 Å². The number of carbonyl (C=O) groups excluding carboxylic acids is 1. The first-order valence-corrected chi connectivity index (χ1v) is 5.93. The SMILES string of the molecule is NC(=O)CCCCNc1ncc(C(F)(F)F)cc1Cl. The molecule has 0 saturated heterocycles. The Kier molecular flexibility index (Phi) is 5.41. The van der Waals surface area contributed by atoms with Crippen LogP contribution in [0.4, 0.5) is 19.0 Å². The molecule has 0 bridgehead atoms. The summed E-state index contributed by atoms with van der Waals surface area (Å²) in [5.41, 5.74) is 4.08. The average Bonchev–Trinajstić information content (AvgIpc) is 2.28. The van der Waals surface area contributed by atoms with Gasteiger partial charge in [0, 0.05) is 19.2 Å². The van der Waals surface area contributed by atoms with Crippen LogP contribution in [0, 0.1) is 0 Å². The molecule has 1 heterocycles. The summed E-state index contributed by atoms with van der Waals surface area (Å²) in [6.07, 6.45) is -2.23. The zero-order valence-electron chi connectivity index (χ0n) is 9.93. The molecule has 0 radical (unpaired) electrons. The Morgan fingerprint density at radius 3 is 2.63 bits per heavy atom. The third-order valence-corrected chi connectivity index (χ3v) is 2.60. The molecule has 0 aliphatic rings. The minimum Gasteiger partial charge on any atom is -0.370 e. The number of nitrogens with zero attached hydrogens (tertiary/aromatic N) is 1. The molecule has 0 unspecified atom stereocenters. The van der Waals surface area contributed by atoms with E-state index in [4.69, 9.17) is 17.3 Å². The van der Waals surface area contributed by atoms with Crippen molar-refractivity contribution in [2.24, 2.45) is 5.73 Å². The van der Waals surface area contributed by atoms with Crippen molar-refractivity contribution in [3.8, 4) is 0 Å². The molecule has 0 fully saturated rings. The van der Waals surface area contributed by atoms with Crippen molar-refractivity contribution in [2.45, 2.75) is 25.4 Å². The fraction of sp³-hybridized carbons (Fsp3) is 0.455. The zero-order valence-corrected chi connectivity index (χ0v) is 10.7. The number of unbranched alkanes of at least 4 members (excludes halogenated alkanes) is 1. The van der Waals surface area contributed by atoms with Crippen LogP contribution < -0.4 is 11.1 Å². The molecule has 0 aliphatic carbocycles. The highest BCUT2D eigenvalue weighted by Crippen LogP contribution is 2.32. The fourth-order valence-corrected chi connectivity index (χ4v) is 1.59. The third-order valence-electron chi connectivity index (χ3n) is 2.31. The highest BCUT2D eigenvalue weighted by Gasteiger charge is 2.31. The summed E-state index contributed by atoms with van der Waals surface area (Å²) in [6.45, 7) is 0.450. The molecule has 1 aromatic heterocycles. The monoisotopic (exact) mass is 295 g/mol. The largest absolute Gasteiger partial charge is 0.417 e. The topological polar surface area (TPSA) is 68.0 Å². The Labute approximate surface area is 113 Å². The number of hydrogen-bond acceptors (Lipinski definition) is 3. The van der Waals surface area contributed by atoms with Gasteiger partial charge >= 0.3 is 6.18 Å². The number of nitrogens with two attached hydrogens (primary N) is 1. The van der Waals surface area contributed by atoms with Crippen LogP contribution >= 0.6 is 11.6 Å². The Morgan fingerprint density at radius 1 is 1.42 bits per heavy atom. The predicted molar refractivity (Wildman–Crippen MR) is 65.8 cm³/mol. The van der Waals surface area contributed by atoms with Crippen LogP contribution in [-0.4, -0.2) is 17.4 Å². The number of amides is 1. The smallest absolute Gasteiger partial charge is 0.370 e. The number of carbonyl (C=O) groups is 1. The molecule has 8 heteroatoms. The van der Waals surface area contributed by atoms with Crippen LogP contribution in [0.2, 0.25) is 5.02 Å². The van der Waals surface area contributed by atoms with E-state index in [9.17, 15) is 18.0 Å². The van der Waals surface area contributed by atoms with Gasteiger partial charge in [-0.1, -0.05) is 11.6 Å². The number of rotatable bonds is 6. The molecular weight excluding hydrogens is 283 g/mol. The third kappa shape index (κ3) is 5.34. The number of pyridine rings is 1. The van der Waals surface area contributed by atoms with E-state index in [0.717, 1.165) is 12.3 Å². The second kappa shape index (κ2) is 6.60. The van der Waals surface area contributed by atoms with Gasteiger partial charge in [0.2, 0.25) is 5.91 Å². The van der Waals surface area contributed by atoms with Gasteiger partial charge in [-0.05, 0) is 18.9 Å². The van der Waals surface area contributed by atoms with Crippen LogP contribution in [0.3, 0.4) is 0 Å². The molecule has 106 valence electrons. The first kappa shape index (κ1) is 15.6. The lowest BCUT2D eigenvalue weighted by Gasteiger charge is -2.10. The number of alkyl halides is 3. The molecule has 19 heavy (non-hydrogen) atoms. The molecule has 0 saturated carbocycles. The van der Waals surface area contributed by atoms with Crippen molar-refractivity contribution in [1.29, 1.82) is 0 Å². The van der Waals surface area contributed by atoms with Gasteiger partial charge in [-0.25, -0.2) is 4.98 Å². The lowest BCUT2D eigenvalue weighted by atomic mass is 10.2. The maximum absolute atomic E-state index is 12.4. The predicted octanol–water partition coefficient (Wildman–Crippen LogP) is 2.82. The summed E-state index contributed by atoms with van der Waals surface area (Å²) in [4.78, 5) is 14.1. The number of nitrogens with one attached hydrogen (secondary N) is 1. The maximum Gasteiger partial charge on any atom is 0.417 e. The van der Waals surface area contributed by atoms with Crippen molar-refractivity contribution >= 4 is 23.3 Å². The van der Waals surface area contributed by atoms with Gasteiger partial charge in [0.1, 0.15) is 5.82 Å². The van der Waals surface area contributed by atoms with E-state index in [2.05, 4.69) is 10.3 Å². The van der Waals surface area contributed by atoms with E-state index >= 15 is 0 Å². The van der Waals surface area contributed by atoms with Crippen molar-refractivity contribution in [3.63, 3.8) is 0 Å². The van der Waals surface area contributed by atoms with E-state index in [1.807, 2.05) is 0 Å². The van der Waals surface area contributed by atoms with Crippen molar-refractivity contribution in [2.75, 3.05) is 11.9 Å². The first-order chi connectivity index (χ1) is 8.80. The average molecular weight is 296 g/mol. The number of anilines is 1.